The zero-order valence-electron chi connectivity index (χ0n) is 15.4. The summed E-state index contributed by atoms with van der Waals surface area (Å²) in [4.78, 5) is 23.3. The van der Waals surface area contributed by atoms with Gasteiger partial charge in [-0.1, -0.05) is 17.7 Å². The van der Waals surface area contributed by atoms with Gasteiger partial charge in [0.2, 0.25) is 0 Å². The fourth-order valence-electron chi connectivity index (χ4n) is 3.45. The number of aromatic nitrogens is 1. The first-order valence-corrected chi connectivity index (χ1v) is 8.44. The molecule has 1 aromatic heterocycles. The summed E-state index contributed by atoms with van der Waals surface area (Å²) in [5.74, 6) is -0.0411. The molecule has 0 atom stereocenters. The van der Waals surface area contributed by atoms with E-state index in [4.69, 9.17) is 10.5 Å². The van der Waals surface area contributed by atoms with Gasteiger partial charge in [0.25, 0.3) is 5.91 Å². The molecule has 0 saturated heterocycles. The molecule has 0 radical (unpaired) electrons. The van der Waals surface area contributed by atoms with Crippen molar-refractivity contribution in [3.63, 3.8) is 0 Å². The molecule has 2 N–H and O–H groups in total. The lowest BCUT2D eigenvalue weighted by atomic mass is 10.1. The topological polar surface area (TPSA) is 74.3 Å². The van der Waals surface area contributed by atoms with E-state index in [0.29, 0.717) is 11.3 Å². The fourth-order valence-corrected chi connectivity index (χ4v) is 3.45. The van der Waals surface area contributed by atoms with Crippen LogP contribution in [0.25, 0.3) is 16.6 Å². The molecule has 0 bridgehead atoms. The van der Waals surface area contributed by atoms with Crippen LogP contribution < -0.4 is 10.5 Å². The minimum absolute atomic E-state index is 0.0111. The van der Waals surface area contributed by atoms with E-state index < -0.39 is 5.91 Å². The highest BCUT2D eigenvalue weighted by Gasteiger charge is 2.20. The van der Waals surface area contributed by atoms with Crippen LogP contribution >= 0.6 is 0 Å². The number of hydrogen-bond donors (Lipinski definition) is 1. The molecule has 0 unspecified atom stereocenters. The molecule has 134 valence electrons. The molecule has 0 spiro atoms. The second-order valence-corrected chi connectivity index (χ2v) is 6.58. The van der Waals surface area contributed by atoms with Gasteiger partial charge in [-0.25, -0.2) is 0 Å². The van der Waals surface area contributed by atoms with Gasteiger partial charge < -0.3 is 15.0 Å². The van der Waals surface area contributed by atoms with Crippen LogP contribution in [0, 0.1) is 20.8 Å². The maximum Gasteiger partial charge on any atom is 0.255 e. The van der Waals surface area contributed by atoms with Crippen molar-refractivity contribution in [1.29, 1.82) is 0 Å². The van der Waals surface area contributed by atoms with Crippen LogP contribution in [0.1, 0.15) is 34.1 Å². The molecule has 1 amide bonds. The first-order chi connectivity index (χ1) is 12.3. The summed E-state index contributed by atoms with van der Waals surface area (Å²) in [6, 6.07) is 11.7. The van der Waals surface area contributed by atoms with Crippen LogP contribution in [0.5, 0.6) is 5.75 Å². The highest BCUT2D eigenvalue weighted by atomic mass is 16.5. The third kappa shape index (κ3) is 3.08. The molecule has 0 fully saturated rings. The van der Waals surface area contributed by atoms with Crippen molar-refractivity contribution in [3.8, 4) is 11.4 Å². The number of ketones is 1. The van der Waals surface area contributed by atoms with Gasteiger partial charge in [-0.05, 0) is 57.5 Å². The molecule has 5 nitrogen and oxygen atoms in total. The van der Waals surface area contributed by atoms with Crippen LogP contribution in [0.4, 0.5) is 0 Å². The predicted octanol–water partition coefficient (Wildman–Crippen LogP) is 3.62. The lowest BCUT2D eigenvalue weighted by molar-refractivity contribution is -0.119. The summed E-state index contributed by atoms with van der Waals surface area (Å²) >= 11 is 0. The van der Waals surface area contributed by atoms with Gasteiger partial charge >= 0.3 is 0 Å². The average molecular weight is 350 g/mol. The first-order valence-electron chi connectivity index (χ1n) is 8.44. The van der Waals surface area contributed by atoms with E-state index in [1.807, 2.05) is 13.0 Å². The second kappa shape index (κ2) is 6.67. The van der Waals surface area contributed by atoms with Crippen molar-refractivity contribution >= 4 is 22.6 Å². The Labute approximate surface area is 152 Å². The number of nitrogens with two attached hydrogens (primary N) is 1. The van der Waals surface area contributed by atoms with Gasteiger partial charge in [-0.2, -0.15) is 0 Å². The average Bonchev–Trinajstić information content (AvgIpc) is 2.84. The molecule has 26 heavy (non-hydrogen) atoms. The predicted molar refractivity (Wildman–Crippen MR) is 102 cm³/mol. The number of fused-ring (bicyclic) bond motifs is 1. The second-order valence-electron chi connectivity index (χ2n) is 6.58. The van der Waals surface area contributed by atoms with Crippen molar-refractivity contribution < 1.29 is 14.3 Å². The Balaban J connectivity index is 2.25. The minimum Gasteiger partial charge on any atom is -0.484 e. The van der Waals surface area contributed by atoms with Gasteiger partial charge in [-0.3, -0.25) is 9.59 Å². The number of carbonyl (C=O) groups excluding carboxylic acids is 2. The molecular weight excluding hydrogens is 328 g/mol. The number of benzene rings is 2. The van der Waals surface area contributed by atoms with E-state index >= 15 is 0 Å². The van der Waals surface area contributed by atoms with Crippen LogP contribution in [0.2, 0.25) is 0 Å². The third-order valence-corrected chi connectivity index (χ3v) is 4.50. The molecule has 5 heteroatoms. The van der Waals surface area contributed by atoms with E-state index in [0.717, 1.165) is 27.8 Å². The monoisotopic (exact) mass is 350 g/mol. The van der Waals surface area contributed by atoms with E-state index in [1.54, 1.807) is 19.1 Å². The van der Waals surface area contributed by atoms with Crippen LogP contribution in [0.3, 0.4) is 0 Å². The Bertz CT molecular complexity index is 1030. The number of amides is 1. The van der Waals surface area contributed by atoms with E-state index in [-0.39, 0.29) is 12.4 Å². The minimum atomic E-state index is -0.541. The summed E-state index contributed by atoms with van der Waals surface area (Å²) in [5.41, 5.74) is 11.0. The number of nitrogens with zero attached hydrogens (tertiary/aromatic N) is 1. The molecule has 3 aromatic rings. The number of primary amides is 1. The summed E-state index contributed by atoms with van der Waals surface area (Å²) in [5, 5.41) is 0.803. The van der Waals surface area contributed by atoms with Crippen molar-refractivity contribution in [1.82, 2.24) is 4.57 Å². The van der Waals surface area contributed by atoms with Crippen LogP contribution in [-0.2, 0) is 4.79 Å². The number of carbonyl (C=O) groups is 2. The van der Waals surface area contributed by atoms with Crippen molar-refractivity contribution in [2.45, 2.75) is 27.7 Å². The Morgan fingerprint density at radius 2 is 1.81 bits per heavy atom. The lowest BCUT2D eigenvalue weighted by Crippen LogP contribution is -2.19. The number of aryl methyl sites for hydroxylation is 2. The van der Waals surface area contributed by atoms with E-state index in [2.05, 4.69) is 36.6 Å². The summed E-state index contributed by atoms with van der Waals surface area (Å²) in [7, 11) is 0. The Morgan fingerprint density at radius 3 is 2.42 bits per heavy atom. The number of Topliss-reactive ketones (excluding diaryl/α,β-unsaturated/α-hetero) is 1. The van der Waals surface area contributed by atoms with Gasteiger partial charge in [-0.15, -0.1) is 0 Å². The quantitative estimate of drug-likeness (QED) is 0.714. The summed E-state index contributed by atoms with van der Waals surface area (Å²) < 4.78 is 7.51. The van der Waals surface area contributed by atoms with Gasteiger partial charge in [0, 0.05) is 22.3 Å². The normalized spacial score (nSPS) is 10.9. The van der Waals surface area contributed by atoms with Crippen molar-refractivity contribution in [2.75, 3.05) is 6.61 Å². The highest BCUT2D eigenvalue weighted by molar-refractivity contribution is 6.09. The lowest BCUT2D eigenvalue weighted by Gasteiger charge is -2.13. The molecule has 0 aliphatic heterocycles. The Kier molecular flexibility index (Phi) is 4.55. The maximum absolute atomic E-state index is 12.3. The number of hydrogen-bond acceptors (Lipinski definition) is 3. The zero-order chi connectivity index (χ0) is 19.0. The van der Waals surface area contributed by atoms with Gasteiger partial charge in [0.1, 0.15) is 5.75 Å². The molecule has 0 aliphatic carbocycles. The van der Waals surface area contributed by atoms with E-state index in [9.17, 15) is 9.59 Å². The fraction of sp³-hybridized carbons (Fsp3) is 0.238. The maximum atomic E-state index is 12.3. The number of rotatable bonds is 5. The standard InChI is InChI=1S/C21H22N2O3/c1-12-5-7-18(13(2)9-12)23-14(3)21(15(4)24)17-10-16(6-8-19(17)23)26-11-20(22)25/h5-10H,11H2,1-4H3,(H2,22,25). The van der Waals surface area contributed by atoms with Crippen molar-refractivity contribution in [2.24, 2.45) is 5.73 Å². The molecule has 1 heterocycles. The smallest absolute Gasteiger partial charge is 0.255 e. The largest absolute Gasteiger partial charge is 0.484 e. The Morgan fingerprint density at radius 1 is 1.08 bits per heavy atom. The van der Waals surface area contributed by atoms with Crippen molar-refractivity contribution in [3.05, 3.63) is 58.8 Å². The van der Waals surface area contributed by atoms with Crippen LogP contribution in [-0.4, -0.2) is 22.9 Å². The molecular formula is C21H22N2O3. The summed E-state index contributed by atoms with van der Waals surface area (Å²) in [6.07, 6.45) is 0. The molecule has 0 aliphatic rings. The SMILES string of the molecule is CC(=O)c1c(C)n(-c2ccc(C)cc2C)c2ccc(OCC(N)=O)cc12. The third-order valence-electron chi connectivity index (χ3n) is 4.50. The molecule has 2 aromatic carbocycles. The summed E-state index contributed by atoms with van der Waals surface area (Å²) in [6.45, 7) is 7.43. The van der Waals surface area contributed by atoms with Gasteiger partial charge in [0.05, 0.1) is 5.52 Å². The van der Waals surface area contributed by atoms with E-state index in [1.165, 1.54) is 5.56 Å². The first kappa shape index (κ1) is 17.7. The highest BCUT2D eigenvalue weighted by Crippen LogP contribution is 2.33. The Hall–Kier alpha value is -3.08. The molecule has 3 rings (SSSR count). The zero-order valence-corrected chi connectivity index (χ0v) is 15.4. The van der Waals surface area contributed by atoms with Crippen LogP contribution in [0.15, 0.2) is 36.4 Å². The molecule has 0 saturated carbocycles. The van der Waals surface area contributed by atoms with Gasteiger partial charge in [0.15, 0.2) is 12.4 Å². The number of ether oxygens (including phenoxy) is 1.